The van der Waals surface area contributed by atoms with Crippen molar-refractivity contribution in [1.82, 2.24) is 4.90 Å². The fraction of sp³-hybridized carbons (Fsp3) is 0.278. The Kier molecular flexibility index (Phi) is 5.45. The van der Waals surface area contributed by atoms with Gasteiger partial charge in [0, 0.05) is 11.9 Å². The van der Waals surface area contributed by atoms with Crippen LogP contribution in [0, 0.1) is 6.92 Å². The number of carbonyl (C=O) groups excluding carboxylic acids is 1. The lowest BCUT2D eigenvalue weighted by atomic mass is 10.1. The SMILES string of the molecule is Cc1ccc(C(C)N(C)C(=O)CSc2ccccc2)cc1. The van der Waals surface area contributed by atoms with E-state index in [4.69, 9.17) is 0 Å². The number of amides is 1. The third kappa shape index (κ3) is 4.36. The van der Waals surface area contributed by atoms with Gasteiger partial charge in [-0.05, 0) is 31.5 Å². The summed E-state index contributed by atoms with van der Waals surface area (Å²) < 4.78 is 0. The van der Waals surface area contributed by atoms with Gasteiger partial charge >= 0.3 is 0 Å². The molecular weight excluding hydrogens is 278 g/mol. The Morgan fingerprint density at radius 1 is 1.10 bits per heavy atom. The first kappa shape index (κ1) is 15.6. The molecule has 1 amide bonds. The Bertz CT molecular complexity index is 580. The first-order chi connectivity index (χ1) is 10.1. The quantitative estimate of drug-likeness (QED) is 0.767. The summed E-state index contributed by atoms with van der Waals surface area (Å²) in [5, 5.41) is 0. The van der Waals surface area contributed by atoms with Crippen LogP contribution < -0.4 is 0 Å². The Labute approximate surface area is 131 Å². The standard InChI is InChI=1S/C18H21NOS/c1-14-9-11-16(12-10-14)15(2)19(3)18(20)13-21-17-7-5-4-6-8-17/h4-12,15H,13H2,1-3H3. The van der Waals surface area contributed by atoms with Crippen molar-refractivity contribution >= 4 is 17.7 Å². The number of benzene rings is 2. The second-order valence-electron chi connectivity index (χ2n) is 5.19. The number of nitrogens with zero attached hydrogens (tertiary/aromatic N) is 1. The fourth-order valence-corrected chi connectivity index (χ4v) is 2.89. The van der Waals surface area contributed by atoms with E-state index in [0.29, 0.717) is 5.75 Å². The molecule has 2 nitrogen and oxygen atoms in total. The predicted octanol–water partition coefficient (Wildman–Crippen LogP) is 4.31. The van der Waals surface area contributed by atoms with Gasteiger partial charge in [0.05, 0.1) is 11.8 Å². The normalized spacial score (nSPS) is 12.0. The van der Waals surface area contributed by atoms with Crippen LogP contribution in [0.15, 0.2) is 59.5 Å². The lowest BCUT2D eigenvalue weighted by Crippen LogP contribution is -2.31. The number of hydrogen-bond acceptors (Lipinski definition) is 2. The van der Waals surface area contributed by atoms with Crippen LogP contribution in [0.5, 0.6) is 0 Å². The molecular formula is C18H21NOS. The maximum atomic E-state index is 12.3. The molecule has 0 aromatic heterocycles. The highest BCUT2D eigenvalue weighted by Gasteiger charge is 2.17. The van der Waals surface area contributed by atoms with E-state index in [1.807, 2.05) is 42.3 Å². The average molecular weight is 299 g/mol. The van der Waals surface area contributed by atoms with E-state index in [1.165, 1.54) is 11.1 Å². The molecule has 2 aromatic rings. The van der Waals surface area contributed by atoms with Crippen molar-refractivity contribution in [2.45, 2.75) is 24.8 Å². The molecule has 2 rings (SSSR count). The van der Waals surface area contributed by atoms with Crippen LogP contribution in [0.1, 0.15) is 24.1 Å². The maximum absolute atomic E-state index is 12.3. The second kappa shape index (κ2) is 7.32. The Hall–Kier alpha value is -1.74. The van der Waals surface area contributed by atoms with Gasteiger partial charge in [0.15, 0.2) is 0 Å². The molecule has 0 spiro atoms. The minimum Gasteiger partial charge on any atom is -0.338 e. The Morgan fingerprint density at radius 3 is 2.33 bits per heavy atom. The molecule has 0 saturated heterocycles. The van der Waals surface area contributed by atoms with Gasteiger partial charge < -0.3 is 4.90 Å². The van der Waals surface area contributed by atoms with Crippen molar-refractivity contribution in [1.29, 1.82) is 0 Å². The van der Waals surface area contributed by atoms with Crippen molar-refractivity contribution in [2.24, 2.45) is 0 Å². The van der Waals surface area contributed by atoms with E-state index in [9.17, 15) is 4.79 Å². The molecule has 21 heavy (non-hydrogen) atoms. The third-order valence-corrected chi connectivity index (χ3v) is 4.64. The Balaban J connectivity index is 1.94. The third-order valence-electron chi connectivity index (χ3n) is 3.64. The summed E-state index contributed by atoms with van der Waals surface area (Å²) in [5.41, 5.74) is 2.40. The first-order valence-electron chi connectivity index (χ1n) is 7.08. The minimum absolute atomic E-state index is 0.0921. The molecule has 0 heterocycles. The molecule has 3 heteroatoms. The van der Waals surface area contributed by atoms with E-state index >= 15 is 0 Å². The number of hydrogen-bond donors (Lipinski definition) is 0. The maximum Gasteiger partial charge on any atom is 0.233 e. The van der Waals surface area contributed by atoms with Crippen LogP contribution in [-0.4, -0.2) is 23.6 Å². The van der Waals surface area contributed by atoms with Crippen LogP contribution in [0.25, 0.3) is 0 Å². The average Bonchev–Trinajstić information content (AvgIpc) is 2.53. The molecule has 110 valence electrons. The smallest absolute Gasteiger partial charge is 0.233 e. The highest BCUT2D eigenvalue weighted by atomic mass is 32.2. The van der Waals surface area contributed by atoms with Crippen LogP contribution in [0.4, 0.5) is 0 Å². The summed E-state index contributed by atoms with van der Waals surface area (Å²) in [4.78, 5) is 15.3. The molecule has 0 aliphatic heterocycles. The zero-order valence-electron chi connectivity index (χ0n) is 12.7. The lowest BCUT2D eigenvalue weighted by molar-refractivity contribution is -0.128. The second-order valence-corrected chi connectivity index (χ2v) is 6.24. The molecule has 0 N–H and O–H groups in total. The zero-order chi connectivity index (χ0) is 15.2. The van der Waals surface area contributed by atoms with Gasteiger partial charge in [-0.2, -0.15) is 0 Å². The molecule has 0 aliphatic rings. The van der Waals surface area contributed by atoms with Gasteiger partial charge in [0.2, 0.25) is 5.91 Å². The minimum atomic E-state index is 0.0921. The summed E-state index contributed by atoms with van der Waals surface area (Å²) in [7, 11) is 1.87. The van der Waals surface area contributed by atoms with E-state index in [1.54, 1.807) is 11.8 Å². The van der Waals surface area contributed by atoms with E-state index in [-0.39, 0.29) is 11.9 Å². The van der Waals surface area contributed by atoms with E-state index < -0.39 is 0 Å². The van der Waals surface area contributed by atoms with Crippen LogP contribution >= 0.6 is 11.8 Å². The van der Waals surface area contributed by atoms with Gasteiger partial charge in [-0.25, -0.2) is 0 Å². The molecule has 0 saturated carbocycles. The fourth-order valence-electron chi connectivity index (χ4n) is 2.05. The van der Waals surface area contributed by atoms with Crippen molar-refractivity contribution in [3.63, 3.8) is 0 Å². The molecule has 2 aromatic carbocycles. The predicted molar refractivity (Wildman–Crippen MR) is 89.5 cm³/mol. The van der Waals surface area contributed by atoms with Gasteiger partial charge in [0.1, 0.15) is 0 Å². The van der Waals surface area contributed by atoms with Crippen molar-refractivity contribution in [3.8, 4) is 0 Å². The highest BCUT2D eigenvalue weighted by molar-refractivity contribution is 8.00. The van der Waals surface area contributed by atoms with E-state index in [0.717, 1.165) is 4.90 Å². The molecule has 1 atom stereocenters. The van der Waals surface area contributed by atoms with Crippen molar-refractivity contribution in [2.75, 3.05) is 12.8 Å². The highest BCUT2D eigenvalue weighted by Crippen LogP contribution is 2.22. The largest absolute Gasteiger partial charge is 0.338 e. The molecule has 0 radical (unpaired) electrons. The van der Waals surface area contributed by atoms with Gasteiger partial charge in [-0.3, -0.25) is 4.79 Å². The summed E-state index contributed by atoms with van der Waals surface area (Å²) in [6.07, 6.45) is 0. The topological polar surface area (TPSA) is 20.3 Å². The van der Waals surface area contributed by atoms with Gasteiger partial charge in [0.25, 0.3) is 0 Å². The molecule has 0 bridgehead atoms. The number of rotatable bonds is 5. The number of aryl methyl sites for hydroxylation is 1. The summed E-state index contributed by atoms with van der Waals surface area (Å²) >= 11 is 1.58. The van der Waals surface area contributed by atoms with Gasteiger partial charge in [-0.1, -0.05) is 48.0 Å². The van der Waals surface area contributed by atoms with Gasteiger partial charge in [-0.15, -0.1) is 11.8 Å². The zero-order valence-corrected chi connectivity index (χ0v) is 13.6. The monoisotopic (exact) mass is 299 g/mol. The molecule has 0 fully saturated rings. The molecule has 0 aliphatic carbocycles. The first-order valence-corrected chi connectivity index (χ1v) is 8.06. The van der Waals surface area contributed by atoms with Crippen molar-refractivity contribution < 1.29 is 4.79 Å². The van der Waals surface area contributed by atoms with Crippen LogP contribution in [0.3, 0.4) is 0 Å². The number of thioether (sulfide) groups is 1. The van der Waals surface area contributed by atoms with E-state index in [2.05, 4.69) is 38.1 Å². The van der Waals surface area contributed by atoms with Crippen molar-refractivity contribution in [3.05, 3.63) is 65.7 Å². The molecule has 1 unspecified atom stereocenters. The lowest BCUT2D eigenvalue weighted by Gasteiger charge is -2.25. The summed E-state index contributed by atoms with van der Waals surface area (Å²) in [6, 6.07) is 18.5. The summed E-state index contributed by atoms with van der Waals surface area (Å²) in [5.74, 6) is 0.619. The number of carbonyl (C=O) groups is 1. The summed E-state index contributed by atoms with van der Waals surface area (Å²) in [6.45, 7) is 4.13. The Morgan fingerprint density at radius 2 is 1.71 bits per heavy atom. The van der Waals surface area contributed by atoms with Crippen LogP contribution in [0.2, 0.25) is 0 Å². The van der Waals surface area contributed by atoms with Crippen LogP contribution in [-0.2, 0) is 4.79 Å².